The summed E-state index contributed by atoms with van der Waals surface area (Å²) in [7, 11) is 0. The molecular formula is C39H22N2O2. The van der Waals surface area contributed by atoms with Crippen LogP contribution in [0.25, 0.3) is 93.5 Å². The zero-order valence-corrected chi connectivity index (χ0v) is 22.9. The summed E-state index contributed by atoms with van der Waals surface area (Å²) >= 11 is 0. The molecule has 4 aromatic heterocycles. The lowest BCUT2D eigenvalue weighted by molar-refractivity contribution is 0.656. The van der Waals surface area contributed by atoms with E-state index in [1.165, 1.54) is 5.39 Å². The summed E-state index contributed by atoms with van der Waals surface area (Å²) in [4.78, 5) is 4.92. The van der Waals surface area contributed by atoms with E-state index in [4.69, 9.17) is 13.8 Å². The summed E-state index contributed by atoms with van der Waals surface area (Å²) in [5, 5.41) is 7.79. The van der Waals surface area contributed by atoms with E-state index in [1.54, 1.807) is 0 Å². The molecule has 0 bridgehead atoms. The Balaban J connectivity index is 1.31. The molecule has 0 fully saturated rings. The number of hydrogen-bond donors (Lipinski definition) is 0. The quantitative estimate of drug-likeness (QED) is 0.215. The van der Waals surface area contributed by atoms with Gasteiger partial charge in [-0.3, -0.25) is 0 Å². The number of aromatic nitrogens is 2. The molecule has 0 radical (unpaired) electrons. The van der Waals surface area contributed by atoms with Gasteiger partial charge in [-0.1, -0.05) is 84.9 Å². The van der Waals surface area contributed by atoms with Crippen LogP contribution < -0.4 is 0 Å². The Morgan fingerprint density at radius 2 is 1.21 bits per heavy atom. The van der Waals surface area contributed by atoms with Gasteiger partial charge in [0.2, 0.25) is 5.71 Å². The van der Waals surface area contributed by atoms with Crippen molar-refractivity contribution in [3.05, 3.63) is 133 Å². The molecule has 0 amide bonds. The van der Waals surface area contributed by atoms with Gasteiger partial charge in [0, 0.05) is 38.2 Å². The second-order valence-corrected chi connectivity index (χ2v) is 11.1. The van der Waals surface area contributed by atoms with Gasteiger partial charge in [-0.05, 0) is 54.1 Å². The Morgan fingerprint density at radius 1 is 0.488 bits per heavy atom. The first kappa shape index (κ1) is 22.8. The van der Waals surface area contributed by atoms with Gasteiger partial charge in [0.25, 0.3) is 0 Å². The first-order chi connectivity index (χ1) is 21.3. The highest BCUT2D eigenvalue weighted by Gasteiger charge is 2.21. The second-order valence-electron chi connectivity index (χ2n) is 11.1. The van der Waals surface area contributed by atoms with Crippen LogP contribution in [0.15, 0.2) is 142 Å². The van der Waals surface area contributed by atoms with Crippen molar-refractivity contribution in [1.29, 1.82) is 0 Å². The molecule has 0 aliphatic heterocycles. The zero-order valence-electron chi connectivity index (χ0n) is 22.9. The van der Waals surface area contributed by atoms with Crippen LogP contribution in [0, 0.1) is 0 Å². The Labute approximate surface area is 245 Å². The molecule has 6 aromatic carbocycles. The maximum absolute atomic E-state index is 6.51. The summed E-state index contributed by atoms with van der Waals surface area (Å²) in [6, 6.07) is 46.6. The van der Waals surface area contributed by atoms with Crippen LogP contribution in [0.4, 0.5) is 0 Å². The van der Waals surface area contributed by atoms with E-state index in [9.17, 15) is 0 Å². The maximum atomic E-state index is 6.51. The number of hydrogen-bond acceptors (Lipinski definition) is 3. The van der Waals surface area contributed by atoms with Crippen molar-refractivity contribution in [2.24, 2.45) is 0 Å². The van der Waals surface area contributed by atoms with Gasteiger partial charge in [0.1, 0.15) is 16.7 Å². The molecule has 0 atom stereocenters. The molecule has 10 rings (SSSR count). The Bertz CT molecular complexity index is 2740. The van der Waals surface area contributed by atoms with E-state index in [0.717, 1.165) is 82.4 Å². The average molecular weight is 551 g/mol. The summed E-state index contributed by atoms with van der Waals surface area (Å²) in [6.45, 7) is 0. The summed E-state index contributed by atoms with van der Waals surface area (Å²) in [5.74, 6) is 0. The van der Waals surface area contributed by atoms with E-state index in [0.29, 0.717) is 5.71 Å². The number of benzene rings is 6. The first-order valence-electron chi connectivity index (χ1n) is 14.5. The summed E-state index contributed by atoms with van der Waals surface area (Å²) < 4.78 is 15.1. The van der Waals surface area contributed by atoms with Crippen molar-refractivity contribution in [3.63, 3.8) is 0 Å². The van der Waals surface area contributed by atoms with Crippen LogP contribution in [0.2, 0.25) is 0 Å². The fourth-order valence-electron chi connectivity index (χ4n) is 6.99. The minimum Gasteiger partial charge on any atom is -0.455 e. The predicted octanol–water partition coefficient (Wildman–Crippen LogP) is 10.8. The number of fused-ring (bicyclic) bond motifs is 11. The van der Waals surface area contributed by atoms with Crippen LogP contribution in [0.5, 0.6) is 0 Å². The lowest BCUT2D eigenvalue weighted by Gasteiger charge is -2.13. The zero-order chi connectivity index (χ0) is 28.1. The van der Waals surface area contributed by atoms with E-state index in [1.807, 2.05) is 30.3 Å². The van der Waals surface area contributed by atoms with Crippen molar-refractivity contribution in [3.8, 4) is 16.8 Å². The fraction of sp³-hybridized carbons (Fsp3) is 0. The normalized spacial score (nSPS) is 12.2. The molecule has 43 heavy (non-hydrogen) atoms. The number of pyridine rings is 1. The van der Waals surface area contributed by atoms with Crippen molar-refractivity contribution in [2.45, 2.75) is 0 Å². The van der Waals surface area contributed by atoms with Gasteiger partial charge >= 0.3 is 0 Å². The van der Waals surface area contributed by atoms with E-state index in [-0.39, 0.29) is 0 Å². The molecule has 0 aliphatic rings. The molecular weight excluding hydrogens is 528 g/mol. The monoisotopic (exact) mass is 550 g/mol. The molecule has 0 saturated carbocycles. The van der Waals surface area contributed by atoms with Gasteiger partial charge in [0.05, 0.1) is 27.3 Å². The minimum absolute atomic E-state index is 0.657. The van der Waals surface area contributed by atoms with Crippen LogP contribution in [-0.4, -0.2) is 9.55 Å². The third kappa shape index (κ3) is 3.07. The number of rotatable bonds is 2. The van der Waals surface area contributed by atoms with E-state index >= 15 is 0 Å². The largest absolute Gasteiger partial charge is 0.455 e. The van der Waals surface area contributed by atoms with Gasteiger partial charge < -0.3 is 13.4 Å². The topological polar surface area (TPSA) is 44.1 Å². The van der Waals surface area contributed by atoms with Gasteiger partial charge in [-0.15, -0.1) is 0 Å². The first-order valence-corrected chi connectivity index (χ1v) is 14.5. The van der Waals surface area contributed by atoms with Crippen molar-refractivity contribution >= 4 is 76.7 Å². The second kappa shape index (κ2) is 8.34. The average Bonchev–Trinajstić information content (AvgIpc) is 3.73. The smallest absolute Gasteiger partial charge is 0.228 e. The molecule has 4 heteroatoms. The Morgan fingerprint density at radius 3 is 2.09 bits per heavy atom. The van der Waals surface area contributed by atoms with Crippen LogP contribution in [0.1, 0.15) is 0 Å². The molecule has 4 heterocycles. The molecule has 0 saturated heterocycles. The van der Waals surface area contributed by atoms with Gasteiger partial charge in [-0.25, -0.2) is 4.98 Å². The molecule has 200 valence electrons. The molecule has 4 nitrogen and oxygen atoms in total. The molecule has 0 aliphatic carbocycles. The summed E-state index contributed by atoms with van der Waals surface area (Å²) in [6.07, 6.45) is 0. The fourth-order valence-corrected chi connectivity index (χ4v) is 6.99. The van der Waals surface area contributed by atoms with Crippen LogP contribution >= 0.6 is 0 Å². The van der Waals surface area contributed by atoms with Crippen molar-refractivity contribution < 1.29 is 8.83 Å². The minimum atomic E-state index is 0.657. The van der Waals surface area contributed by atoms with E-state index in [2.05, 4.69) is 108 Å². The highest BCUT2D eigenvalue weighted by Crippen LogP contribution is 2.43. The Kier molecular flexibility index (Phi) is 4.42. The van der Waals surface area contributed by atoms with Crippen molar-refractivity contribution in [1.82, 2.24) is 9.55 Å². The summed E-state index contributed by atoms with van der Waals surface area (Å²) in [5.41, 5.74) is 9.83. The van der Waals surface area contributed by atoms with Crippen LogP contribution in [0.3, 0.4) is 0 Å². The Hall–Kier alpha value is -5.87. The highest BCUT2D eigenvalue weighted by atomic mass is 16.3. The van der Waals surface area contributed by atoms with Crippen LogP contribution in [-0.2, 0) is 0 Å². The van der Waals surface area contributed by atoms with Gasteiger partial charge in [0.15, 0.2) is 0 Å². The third-order valence-corrected chi connectivity index (χ3v) is 8.80. The van der Waals surface area contributed by atoms with Crippen molar-refractivity contribution in [2.75, 3.05) is 0 Å². The lowest BCUT2D eigenvalue weighted by atomic mass is 9.96. The maximum Gasteiger partial charge on any atom is 0.228 e. The number of nitrogens with zero attached hydrogens (tertiary/aromatic N) is 2. The number of para-hydroxylation sites is 4. The van der Waals surface area contributed by atoms with Gasteiger partial charge in [-0.2, -0.15) is 0 Å². The lowest BCUT2D eigenvalue weighted by Crippen LogP contribution is -1.95. The highest BCUT2D eigenvalue weighted by molar-refractivity contribution is 6.24. The van der Waals surface area contributed by atoms with E-state index < -0.39 is 0 Å². The third-order valence-electron chi connectivity index (χ3n) is 8.80. The molecule has 0 unspecified atom stereocenters. The molecule has 0 N–H and O–H groups in total. The number of furan rings is 2. The molecule has 10 aromatic rings. The standard InChI is InChI=1S/C39H22N2O2/c1-5-16-30-27(13-1)35(37-29-15-4-8-19-34(29)43-39(37)40-30)23-10-9-11-24(22-23)41-31-17-6-2-14-28(31)36-32(41)21-20-26-25-12-3-7-18-33(25)42-38(26)36/h1-22H. The SMILES string of the molecule is c1cc(-c2c3ccccc3nc3oc4ccccc4c23)cc(-n2c3ccccc3c3c4oc5ccccc5c4ccc32)c1. The molecule has 0 spiro atoms. The predicted molar refractivity (Wildman–Crippen MR) is 176 cm³/mol.